The highest BCUT2D eigenvalue weighted by Gasteiger charge is 2.14. The number of benzene rings is 1. The molecule has 0 aliphatic heterocycles. The predicted molar refractivity (Wildman–Crippen MR) is 79.8 cm³/mol. The summed E-state index contributed by atoms with van der Waals surface area (Å²) in [4.78, 5) is 11.9. The highest BCUT2D eigenvalue weighted by Crippen LogP contribution is 2.26. The SMILES string of the molecule is Cc1cccc(NC(C)C(=O)NCC(C)C)c1Br. The molecule has 0 aromatic heterocycles. The zero-order chi connectivity index (χ0) is 13.7. The summed E-state index contributed by atoms with van der Waals surface area (Å²) < 4.78 is 1.01. The monoisotopic (exact) mass is 312 g/mol. The average molecular weight is 313 g/mol. The lowest BCUT2D eigenvalue weighted by atomic mass is 10.2. The van der Waals surface area contributed by atoms with Crippen LogP contribution in [0.25, 0.3) is 0 Å². The first kappa shape index (κ1) is 15.0. The van der Waals surface area contributed by atoms with Gasteiger partial charge in [-0.1, -0.05) is 26.0 Å². The first-order valence-corrected chi connectivity index (χ1v) is 7.00. The van der Waals surface area contributed by atoms with Gasteiger partial charge in [-0.2, -0.15) is 0 Å². The fraction of sp³-hybridized carbons (Fsp3) is 0.500. The molecule has 100 valence electrons. The lowest BCUT2D eigenvalue weighted by Gasteiger charge is -2.17. The summed E-state index contributed by atoms with van der Waals surface area (Å²) in [6, 6.07) is 5.71. The number of anilines is 1. The largest absolute Gasteiger partial charge is 0.373 e. The van der Waals surface area contributed by atoms with Gasteiger partial charge in [-0.15, -0.1) is 0 Å². The lowest BCUT2D eigenvalue weighted by Crippen LogP contribution is -2.39. The van der Waals surface area contributed by atoms with Crippen molar-refractivity contribution >= 4 is 27.5 Å². The number of rotatable bonds is 5. The Hall–Kier alpha value is -1.03. The van der Waals surface area contributed by atoms with Gasteiger partial charge in [-0.05, 0) is 47.3 Å². The second-order valence-electron chi connectivity index (χ2n) is 4.94. The summed E-state index contributed by atoms with van der Waals surface area (Å²) in [6.45, 7) is 8.76. The maximum Gasteiger partial charge on any atom is 0.242 e. The van der Waals surface area contributed by atoms with Crippen LogP contribution >= 0.6 is 15.9 Å². The number of nitrogens with one attached hydrogen (secondary N) is 2. The summed E-state index contributed by atoms with van der Waals surface area (Å²) in [5, 5.41) is 6.14. The second-order valence-corrected chi connectivity index (χ2v) is 5.73. The molecule has 0 bridgehead atoms. The minimum absolute atomic E-state index is 0.0251. The molecule has 3 nitrogen and oxygen atoms in total. The molecule has 4 heteroatoms. The summed E-state index contributed by atoms with van der Waals surface area (Å²) in [6.07, 6.45) is 0. The third kappa shape index (κ3) is 4.33. The molecule has 1 aromatic rings. The minimum Gasteiger partial charge on any atom is -0.373 e. The molecule has 1 aromatic carbocycles. The van der Waals surface area contributed by atoms with Gasteiger partial charge in [-0.3, -0.25) is 4.79 Å². The molecule has 0 aliphatic carbocycles. The number of aryl methyl sites for hydroxylation is 1. The van der Waals surface area contributed by atoms with E-state index in [1.165, 1.54) is 0 Å². The van der Waals surface area contributed by atoms with Crippen molar-refractivity contribution in [2.75, 3.05) is 11.9 Å². The van der Waals surface area contributed by atoms with Crippen molar-refractivity contribution < 1.29 is 4.79 Å². The smallest absolute Gasteiger partial charge is 0.242 e. The van der Waals surface area contributed by atoms with Crippen LogP contribution in [0, 0.1) is 12.8 Å². The van der Waals surface area contributed by atoms with E-state index in [9.17, 15) is 4.79 Å². The van der Waals surface area contributed by atoms with Crippen molar-refractivity contribution in [3.8, 4) is 0 Å². The molecule has 0 radical (unpaired) electrons. The van der Waals surface area contributed by atoms with Gasteiger partial charge in [-0.25, -0.2) is 0 Å². The first-order chi connectivity index (χ1) is 8.41. The maximum atomic E-state index is 11.9. The van der Waals surface area contributed by atoms with Crippen LogP contribution < -0.4 is 10.6 Å². The van der Waals surface area contributed by atoms with Crippen LogP contribution in [0.4, 0.5) is 5.69 Å². The highest BCUT2D eigenvalue weighted by atomic mass is 79.9. The molecule has 0 aliphatic rings. The highest BCUT2D eigenvalue weighted by molar-refractivity contribution is 9.10. The van der Waals surface area contributed by atoms with Gasteiger partial charge < -0.3 is 10.6 Å². The van der Waals surface area contributed by atoms with Crippen LogP contribution in [-0.2, 0) is 4.79 Å². The van der Waals surface area contributed by atoms with Gasteiger partial charge in [0, 0.05) is 16.7 Å². The molecule has 0 saturated heterocycles. The second kappa shape index (κ2) is 6.78. The van der Waals surface area contributed by atoms with Crippen molar-refractivity contribution in [3.05, 3.63) is 28.2 Å². The third-order valence-corrected chi connectivity index (χ3v) is 3.69. The normalized spacial score (nSPS) is 12.3. The van der Waals surface area contributed by atoms with E-state index in [4.69, 9.17) is 0 Å². The minimum atomic E-state index is -0.248. The molecule has 0 spiro atoms. The van der Waals surface area contributed by atoms with E-state index in [0.29, 0.717) is 12.5 Å². The van der Waals surface area contributed by atoms with Crippen molar-refractivity contribution in [1.82, 2.24) is 5.32 Å². The van der Waals surface area contributed by atoms with Gasteiger partial charge in [0.2, 0.25) is 5.91 Å². The topological polar surface area (TPSA) is 41.1 Å². The molecule has 1 atom stereocenters. The van der Waals surface area contributed by atoms with E-state index in [1.54, 1.807) is 0 Å². The summed E-state index contributed by atoms with van der Waals surface area (Å²) in [7, 11) is 0. The standard InChI is InChI=1S/C14H21BrN2O/c1-9(2)8-16-14(18)11(4)17-12-7-5-6-10(3)13(12)15/h5-7,9,11,17H,8H2,1-4H3,(H,16,18). The molecular weight excluding hydrogens is 292 g/mol. The summed E-state index contributed by atoms with van der Waals surface area (Å²) in [5.41, 5.74) is 2.09. The van der Waals surface area contributed by atoms with Gasteiger partial charge >= 0.3 is 0 Å². The van der Waals surface area contributed by atoms with Crippen LogP contribution in [0.2, 0.25) is 0 Å². The van der Waals surface area contributed by atoms with E-state index in [1.807, 2.05) is 32.0 Å². The molecule has 2 N–H and O–H groups in total. The Morgan fingerprint density at radius 3 is 2.61 bits per heavy atom. The molecule has 0 heterocycles. The van der Waals surface area contributed by atoms with Crippen LogP contribution in [-0.4, -0.2) is 18.5 Å². The number of halogens is 1. The van der Waals surface area contributed by atoms with E-state index in [2.05, 4.69) is 40.4 Å². The summed E-state index contributed by atoms with van der Waals surface area (Å²) in [5.74, 6) is 0.490. The van der Waals surface area contributed by atoms with Crippen molar-refractivity contribution in [2.24, 2.45) is 5.92 Å². The third-order valence-electron chi connectivity index (χ3n) is 2.64. The Kier molecular flexibility index (Phi) is 5.66. The lowest BCUT2D eigenvalue weighted by molar-refractivity contribution is -0.121. The van der Waals surface area contributed by atoms with Gasteiger partial charge in [0.1, 0.15) is 6.04 Å². The fourth-order valence-corrected chi connectivity index (χ4v) is 1.89. The molecular formula is C14H21BrN2O. The molecule has 1 amide bonds. The van der Waals surface area contributed by atoms with E-state index in [0.717, 1.165) is 15.7 Å². The zero-order valence-corrected chi connectivity index (χ0v) is 13.0. The average Bonchev–Trinajstić information content (AvgIpc) is 2.31. The van der Waals surface area contributed by atoms with E-state index in [-0.39, 0.29) is 11.9 Å². The number of carbonyl (C=O) groups is 1. The Balaban J connectivity index is 2.61. The Morgan fingerprint density at radius 2 is 2.00 bits per heavy atom. The van der Waals surface area contributed by atoms with Gasteiger partial charge in [0.15, 0.2) is 0 Å². The van der Waals surface area contributed by atoms with E-state index >= 15 is 0 Å². The Morgan fingerprint density at radius 1 is 1.33 bits per heavy atom. The van der Waals surface area contributed by atoms with Gasteiger partial charge in [0.25, 0.3) is 0 Å². The zero-order valence-electron chi connectivity index (χ0n) is 11.4. The number of hydrogen-bond acceptors (Lipinski definition) is 2. The molecule has 1 unspecified atom stereocenters. The van der Waals surface area contributed by atoms with Gasteiger partial charge in [0.05, 0.1) is 0 Å². The van der Waals surface area contributed by atoms with Crippen molar-refractivity contribution in [1.29, 1.82) is 0 Å². The molecule has 0 saturated carbocycles. The first-order valence-electron chi connectivity index (χ1n) is 6.21. The van der Waals surface area contributed by atoms with Crippen LogP contribution in [0.5, 0.6) is 0 Å². The van der Waals surface area contributed by atoms with Crippen LogP contribution in [0.1, 0.15) is 26.3 Å². The fourth-order valence-electron chi connectivity index (χ4n) is 1.52. The number of amides is 1. The molecule has 1 rings (SSSR count). The Labute approximate surface area is 117 Å². The number of carbonyl (C=O) groups excluding carboxylic acids is 1. The molecule has 18 heavy (non-hydrogen) atoms. The quantitative estimate of drug-likeness (QED) is 0.875. The maximum absolute atomic E-state index is 11.9. The van der Waals surface area contributed by atoms with E-state index < -0.39 is 0 Å². The molecule has 0 fully saturated rings. The summed E-state index contributed by atoms with van der Waals surface area (Å²) >= 11 is 3.53. The van der Waals surface area contributed by atoms with Crippen LogP contribution in [0.15, 0.2) is 22.7 Å². The predicted octanol–water partition coefficient (Wildman–Crippen LogP) is 3.33. The van der Waals surface area contributed by atoms with Crippen molar-refractivity contribution in [3.63, 3.8) is 0 Å². The van der Waals surface area contributed by atoms with Crippen molar-refractivity contribution in [2.45, 2.75) is 33.7 Å². The Bertz CT molecular complexity index is 418. The van der Waals surface area contributed by atoms with Crippen LogP contribution in [0.3, 0.4) is 0 Å². The number of hydrogen-bond donors (Lipinski definition) is 2.